The van der Waals surface area contributed by atoms with E-state index in [1.165, 1.54) is 5.56 Å². The van der Waals surface area contributed by atoms with E-state index in [2.05, 4.69) is 19.1 Å². The Morgan fingerprint density at radius 3 is 2.27 bits per heavy atom. The summed E-state index contributed by atoms with van der Waals surface area (Å²) in [5, 5.41) is -0.422. The molecule has 0 heterocycles. The molecule has 1 fully saturated rings. The normalized spacial score (nSPS) is 27.8. The average molecular weight is 325 g/mol. The van der Waals surface area contributed by atoms with Crippen LogP contribution in [0.3, 0.4) is 0 Å². The molecule has 1 aromatic carbocycles. The molecule has 1 saturated carbocycles. The molecule has 1 aliphatic rings. The number of aryl methyl sites for hydroxylation is 1. The van der Waals surface area contributed by atoms with Crippen LogP contribution < -0.4 is 5.73 Å². The molecular formula is C17H27NO3S. The van der Waals surface area contributed by atoms with E-state index < -0.39 is 20.5 Å². The van der Waals surface area contributed by atoms with Crippen LogP contribution in [-0.2, 0) is 21.0 Å². The van der Waals surface area contributed by atoms with Gasteiger partial charge in [0.2, 0.25) is 0 Å². The van der Waals surface area contributed by atoms with Gasteiger partial charge in [0.15, 0.2) is 9.84 Å². The van der Waals surface area contributed by atoms with Crippen molar-refractivity contribution in [2.75, 3.05) is 25.5 Å². The zero-order valence-corrected chi connectivity index (χ0v) is 14.5. The van der Waals surface area contributed by atoms with Crippen molar-refractivity contribution in [3.05, 3.63) is 35.4 Å². The summed E-state index contributed by atoms with van der Waals surface area (Å²) in [4.78, 5) is 0. The minimum absolute atomic E-state index is 0.0556. The largest absolute Gasteiger partial charge is 0.381 e. The zero-order valence-electron chi connectivity index (χ0n) is 13.7. The van der Waals surface area contributed by atoms with Gasteiger partial charge in [-0.3, -0.25) is 0 Å². The topological polar surface area (TPSA) is 69.4 Å². The third-order valence-electron chi connectivity index (χ3n) is 4.87. The smallest absolute Gasteiger partial charge is 0.154 e. The summed E-state index contributed by atoms with van der Waals surface area (Å²) in [6.07, 6.45) is 0.975. The maximum Gasteiger partial charge on any atom is 0.154 e. The molecule has 0 spiro atoms. The Morgan fingerprint density at radius 2 is 1.82 bits per heavy atom. The molecule has 2 N–H and O–H groups in total. The number of rotatable bonds is 8. The minimum atomic E-state index is -3.15. The lowest BCUT2D eigenvalue weighted by atomic mass is 9.99. The predicted molar refractivity (Wildman–Crippen MR) is 89.8 cm³/mol. The van der Waals surface area contributed by atoms with Crippen molar-refractivity contribution < 1.29 is 13.2 Å². The second-order valence-electron chi connectivity index (χ2n) is 6.02. The molecule has 0 amide bonds. The first kappa shape index (κ1) is 17.4. The fourth-order valence-corrected chi connectivity index (χ4v) is 5.58. The Hall–Kier alpha value is -0.910. The van der Waals surface area contributed by atoms with Crippen LogP contribution in [0.5, 0.6) is 0 Å². The highest BCUT2D eigenvalue weighted by Crippen LogP contribution is 2.62. The van der Waals surface area contributed by atoms with Gasteiger partial charge >= 0.3 is 0 Å². The van der Waals surface area contributed by atoms with Gasteiger partial charge in [0.1, 0.15) is 0 Å². The minimum Gasteiger partial charge on any atom is -0.381 e. The monoisotopic (exact) mass is 325 g/mol. The number of hydrogen-bond acceptors (Lipinski definition) is 4. The van der Waals surface area contributed by atoms with Gasteiger partial charge in [-0.2, -0.15) is 0 Å². The molecule has 1 aromatic rings. The summed E-state index contributed by atoms with van der Waals surface area (Å²) >= 11 is 0. The van der Waals surface area contributed by atoms with E-state index in [-0.39, 0.29) is 11.7 Å². The second-order valence-corrected chi connectivity index (χ2v) is 8.43. The highest BCUT2D eigenvalue weighted by atomic mass is 32.2. The fraction of sp³-hybridized carbons (Fsp3) is 0.647. The van der Waals surface area contributed by atoms with Gasteiger partial charge in [0, 0.05) is 30.2 Å². The molecule has 0 aliphatic heterocycles. The van der Waals surface area contributed by atoms with E-state index in [4.69, 9.17) is 10.5 Å². The summed E-state index contributed by atoms with van der Waals surface area (Å²) in [7, 11) is -3.15. The molecule has 124 valence electrons. The van der Waals surface area contributed by atoms with Gasteiger partial charge in [0.05, 0.1) is 11.9 Å². The molecular weight excluding hydrogens is 298 g/mol. The number of hydrogen-bond donors (Lipinski definition) is 1. The van der Waals surface area contributed by atoms with E-state index >= 15 is 0 Å². The summed E-state index contributed by atoms with van der Waals surface area (Å²) < 4.78 is 30.6. The van der Waals surface area contributed by atoms with Crippen LogP contribution in [0, 0.1) is 5.41 Å². The van der Waals surface area contributed by atoms with Gasteiger partial charge in [-0.25, -0.2) is 8.42 Å². The molecule has 1 aliphatic carbocycles. The molecule has 4 nitrogen and oxygen atoms in total. The Kier molecular flexibility index (Phi) is 5.30. The van der Waals surface area contributed by atoms with Crippen LogP contribution in [0.4, 0.5) is 0 Å². The van der Waals surface area contributed by atoms with Crippen LogP contribution in [-0.4, -0.2) is 39.2 Å². The Bertz CT molecular complexity index is 597. The molecule has 22 heavy (non-hydrogen) atoms. The first-order valence-corrected chi connectivity index (χ1v) is 9.76. The first-order chi connectivity index (χ1) is 10.5. The van der Waals surface area contributed by atoms with Gasteiger partial charge in [-0.1, -0.05) is 38.1 Å². The van der Waals surface area contributed by atoms with Gasteiger partial charge in [-0.15, -0.1) is 0 Å². The summed E-state index contributed by atoms with van der Waals surface area (Å²) in [6, 6.07) is 8.24. The molecule has 2 rings (SSSR count). The highest BCUT2D eigenvalue weighted by molar-refractivity contribution is 7.92. The summed E-state index contributed by atoms with van der Waals surface area (Å²) in [5.41, 5.74) is 7.83. The summed E-state index contributed by atoms with van der Waals surface area (Å²) in [6.45, 7) is 7.03. The third-order valence-corrected chi connectivity index (χ3v) is 7.19. The molecule has 0 radical (unpaired) electrons. The van der Waals surface area contributed by atoms with Crippen molar-refractivity contribution in [1.82, 2.24) is 0 Å². The van der Waals surface area contributed by atoms with Crippen molar-refractivity contribution in [3.8, 4) is 0 Å². The number of sulfone groups is 1. The lowest BCUT2D eigenvalue weighted by molar-refractivity contribution is 0.101. The van der Waals surface area contributed by atoms with Crippen LogP contribution in [0.1, 0.15) is 37.8 Å². The zero-order chi connectivity index (χ0) is 16.4. The van der Waals surface area contributed by atoms with Crippen molar-refractivity contribution >= 4 is 9.84 Å². The first-order valence-electron chi connectivity index (χ1n) is 8.05. The fourth-order valence-electron chi connectivity index (χ4n) is 3.43. The van der Waals surface area contributed by atoms with Crippen LogP contribution >= 0.6 is 0 Å². The highest BCUT2D eigenvalue weighted by Gasteiger charge is 2.69. The number of ether oxygens (including phenoxy) is 1. The molecule has 0 aromatic heterocycles. The number of benzene rings is 1. The predicted octanol–water partition coefficient (Wildman–Crippen LogP) is 2.13. The van der Waals surface area contributed by atoms with Gasteiger partial charge in [0.25, 0.3) is 0 Å². The maximum atomic E-state index is 12.5. The standard InChI is InChI=1S/C17H27NO3S/c1-4-13-7-9-14(10-8-13)15-16(22(19,20)6-3)17(15,11-18)12-21-5-2/h7-10,15-16H,4-6,11-12,18H2,1-3H3/t15-,16-,17+/m0/s1. The third kappa shape index (κ3) is 2.94. The van der Waals surface area contributed by atoms with Gasteiger partial charge < -0.3 is 10.5 Å². The molecule has 0 bridgehead atoms. The molecule has 0 saturated heterocycles. The molecule has 3 atom stereocenters. The Balaban J connectivity index is 2.37. The number of nitrogens with two attached hydrogens (primary N) is 1. The van der Waals surface area contributed by atoms with E-state index in [1.54, 1.807) is 6.92 Å². The quantitative estimate of drug-likeness (QED) is 0.795. The summed E-state index contributed by atoms with van der Waals surface area (Å²) in [5.74, 6) is 0.0923. The SMILES string of the molecule is CCOC[C@]1(CN)[C@@H](c2ccc(CC)cc2)[C@@H]1S(=O)(=O)CC. The van der Waals surface area contributed by atoms with E-state index in [0.717, 1.165) is 12.0 Å². The van der Waals surface area contributed by atoms with Gasteiger partial charge in [-0.05, 0) is 24.5 Å². The van der Waals surface area contributed by atoms with Crippen LogP contribution in [0.25, 0.3) is 0 Å². The van der Waals surface area contributed by atoms with Crippen LogP contribution in [0.2, 0.25) is 0 Å². The van der Waals surface area contributed by atoms with Crippen LogP contribution in [0.15, 0.2) is 24.3 Å². The lowest BCUT2D eigenvalue weighted by Gasteiger charge is -2.15. The second kappa shape index (κ2) is 6.69. The van der Waals surface area contributed by atoms with E-state index in [9.17, 15) is 8.42 Å². The average Bonchev–Trinajstić information content (AvgIpc) is 3.23. The molecule has 0 unspecified atom stereocenters. The molecule has 5 heteroatoms. The Labute approximate surface area is 134 Å². The van der Waals surface area contributed by atoms with Crippen molar-refractivity contribution in [1.29, 1.82) is 0 Å². The maximum absolute atomic E-state index is 12.5. The Morgan fingerprint density at radius 1 is 1.18 bits per heavy atom. The lowest BCUT2D eigenvalue weighted by Crippen LogP contribution is -2.29. The van der Waals surface area contributed by atoms with E-state index in [1.807, 2.05) is 19.1 Å². The van der Waals surface area contributed by atoms with E-state index in [0.29, 0.717) is 19.8 Å². The van der Waals surface area contributed by atoms with Crippen molar-refractivity contribution in [3.63, 3.8) is 0 Å². The van der Waals surface area contributed by atoms with Crippen molar-refractivity contribution in [2.24, 2.45) is 11.1 Å². The van der Waals surface area contributed by atoms with Crippen molar-refractivity contribution in [2.45, 2.75) is 38.4 Å².